The number of aliphatic hydroxyl groups excluding tert-OH is 1. The number of ether oxygens (including phenoxy) is 2. The summed E-state index contributed by atoms with van der Waals surface area (Å²) in [6, 6.07) is 30.1. The summed E-state index contributed by atoms with van der Waals surface area (Å²) >= 11 is 1.46. The molecule has 5 rings (SSSR count). The molecule has 0 aliphatic carbocycles. The van der Waals surface area contributed by atoms with Gasteiger partial charge in [0.05, 0.1) is 18.8 Å². The van der Waals surface area contributed by atoms with Gasteiger partial charge in [0.25, 0.3) is 10.9 Å². The highest BCUT2D eigenvalue weighted by Crippen LogP contribution is 2.39. The zero-order valence-corrected chi connectivity index (χ0v) is 22.1. The predicted octanol–water partition coefficient (Wildman–Crippen LogP) is 5.08. The average molecular weight is 543 g/mol. The van der Waals surface area contributed by atoms with Gasteiger partial charge in [0.2, 0.25) is 0 Å². The van der Waals surface area contributed by atoms with Gasteiger partial charge in [-0.2, -0.15) is 4.73 Å². The smallest absolute Gasteiger partial charge is 0.251 e. The van der Waals surface area contributed by atoms with Crippen molar-refractivity contribution in [3.05, 3.63) is 136 Å². The minimum absolute atomic E-state index is 0.0127. The number of nitrogens with zero attached hydrogens (tertiary/aromatic N) is 1. The Labute approximate surface area is 232 Å². The first-order valence-electron chi connectivity index (χ1n) is 12.8. The van der Waals surface area contributed by atoms with Crippen LogP contribution >= 0.6 is 11.8 Å². The van der Waals surface area contributed by atoms with Crippen molar-refractivity contribution in [2.24, 2.45) is 0 Å². The van der Waals surface area contributed by atoms with E-state index in [1.165, 1.54) is 18.0 Å². The third kappa shape index (κ3) is 7.04. The summed E-state index contributed by atoms with van der Waals surface area (Å²) in [6.07, 6.45) is 1.18. The van der Waals surface area contributed by atoms with E-state index in [1.54, 1.807) is 24.3 Å². The molecule has 0 spiro atoms. The zero-order valence-electron chi connectivity index (χ0n) is 21.3. The third-order valence-electron chi connectivity index (χ3n) is 6.56. The van der Waals surface area contributed by atoms with Gasteiger partial charge in [-0.15, -0.1) is 0 Å². The topological polar surface area (TPSA) is 94.7 Å². The number of amides is 1. The number of hydrogen-bond donors (Lipinski definition) is 2. The SMILES string of the molecule is O=C(NCc1ccc(C2OC(CSc3cccc[n+]3[O-])CC(c3ccc(CO)cc3)O2)cc1)c1ccccc1. The molecule has 8 heteroatoms. The fourth-order valence-electron chi connectivity index (χ4n) is 4.39. The maximum absolute atomic E-state index is 12.4. The van der Waals surface area contributed by atoms with Crippen molar-refractivity contribution >= 4 is 17.7 Å². The summed E-state index contributed by atoms with van der Waals surface area (Å²) in [5.74, 6) is 0.479. The largest absolute Gasteiger partial charge is 0.618 e. The van der Waals surface area contributed by atoms with Gasteiger partial charge in [0.1, 0.15) is 0 Å². The lowest BCUT2D eigenvalue weighted by atomic mass is 10.0. The van der Waals surface area contributed by atoms with Crippen LogP contribution in [0.4, 0.5) is 0 Å². The first-order valence-corrected chi connectivity index (χ1v) is 13.8. The number of carbonyl (C=O) groups excluding carboxylic acids is 1. The molecule has 0 radical (unpaired) electrons. The van der Waals surface area contributed by atoms with E-state index < -0.39 is 6.29 Å². The van der Waals surface area contributed by atoms with E-state index >= 15 is 0 Å². The van der Waals surface area contributed by atoms with Crippen molar-refractivity contribution in [2.45, 2.75) is 43.1 Å². The molecule has 1 amide bonds. The van der Waals surface area contributed by atoms with Crippen LogP contribution in [0, 0.1) is 5.21 Å². The average Bonchev–Trinajstić information content (AvgIpc) is 3.00. The molecule has 3 atom stereocenters. The molecule has 7 nitrogen and oxygen atoms in total. The maximum atomic E-state index is 12.4. The Morgan fingerprint density at radius 2 is 1.59 bits per heavy atom. The van der Waals surface area contributed by atoms with Crippen LogP contribution in [0.5, 0.6) is 0 Å². The van der Waals surface area contributed by atoms with Crippen molar-refractivity contribution in [1.29, 1.82) is 0 Å². The molecular weight excluding hydrogens is 512 g/mol. The van der Waals surface area contributed by atoms with E-state index in [9.17, 15) is 15.1 Å². The molecular formula is C31H30N2O5S. The van der Waals surface area contributed by atoms with Crippen LogP contribution in [-0.2, 0) is 22.6 Å². The molecule has 4 aromatic rings. The van der Waals surface area contributed by atoms with Crippen LogP contribution in [0.3, 0.4) is 0 Å². The molecule has 1 aliphatic heterocycles. The number of rotatable bonds is 9. The molecule has 1 fully saturated rings. The molecule has 3 aromatic carbocycles. The fourth-order valence-corrected chi connectivity index (χ4v) is 5.33. The van der Waals surface area contributed by atoms with E-state index in [0.717, 1.165) is 27.0 Å². The van der Waals surface area contributed by atoms with Gasteiger partial charge in [-0.1, -0.05) is 78.5 Å². The standard InChI is InChI=1S/C31H30N2O5S/c34-20-23-11-13-24(14-12-23)28-18-27(21-39-29-8-4-5-17-33(29)36)37-31(38-28)26-15-9-22(10-16-26)19-32-30(35)25-6-2-1-3-7-25/h1-17,27-28,31,34H,18-21H2,(H,32,35). The Morgan fingerprint density at radius 3 is 2.31 bits per heavy atom. The minimum Gasteiger partial charge on any atom is -0.618 e. The van der Waals surface area contributed by atoms with E-state index in [1.807, 2.05) is 72.8 Å². The normalized spacial score (nSPS) is 18.9. The first kappa shape index (κ1) is 26.9. The minimum atomic E-state index is -0.588. The fraction of sp³-hybridized carbons (Fsp3) is 0.226. The summed E-state index contributed by atoms with van der Waals surface area (Å²) in [6.45, 7) is 0.396. The quantitative estimate of drug-likeness (QED) is 0.174. The maximum Gasteiger partial charge on any atom is 0.251 e. The van der Waals surface area contributed by atoms with Gasteiger partial charge in [0.15, 0.2) is 12.5 Å². The second kappa shape index (κ2) is 12.9. The van der Waals surface area contributed by atoms with Crippen molar-refractivity contribution in [2.75, 3.05) is 5.75 Å². The van der Waals surface area contributed by atoms with Gasteiger partial charge in [-0.25, -0.2) is 0 Å². The number of thioether (sulfide) groups is 1. The van der Waals surface area contributed by atoms with Crippen molar-refractivity contribution in [3.8, 4) is 0 Å². The van der Waals surface area contributed by atoms with Crippen molar-refractivity contribution < 1.29 is 24.1 Å². The Kier molecular flexibility index (Phi) is 8.90. The monoisotopic (exact) mass is 542 g/mol. The molecule has 0 saturated carbocycles. The first-order chi connectivity index (χ1) is 19.1. The summed E-state index contributed by atoms with van der Waals surface area (Å²) in [7, 11) is 0. The van der Waals surface area contributed by atoms with Crippen LogP contribution < -0.4 is 10.0 Å². The van der Waals surface area contributed by atoms with Crippen molar-refractivity contribution in [3.63, 3.8) is 0 Å². The molecule has 3 unspecified atom stereocenters. The molecule has 200 valence electrons. The number of nitrogens with one attached hydrogen (secondary N) is 1. The molecule has 2 N–H and O–H groups in total. The molecule has 1 aliphatic rings. The number of pyridine rings is 1. The second-order valence-electron chi connectivity index (χ2n) is 9.32. The van der Waals surface area contributed by atoms with Crippen molar-refractivity contribution in [1.82, 2.24) is 5.32 Å². The summed E-state index contributed by atoms with van der Waals surface area (Å²) in [5.41, 5.74) is 4.31. The van der Waals surface area contributed by atoms with Crippen LogP contribution in [0.15, 0.2) is 108 Å². The Hall–Kier alpha value is -3.69. The summed E-state index contributed by atoms with van der Waals surface area (Å²) < 4.78 is 13.6. The summed E-state index contributed by atoms with van der Waals surface area (Å²) in [4.78, 5) is 12.4. The Morgan fingerprint density at radius 1 is 0.897 bits per heavy atom. The molecule has 1 saturated heterocycles. The highest BCUT2D eigenvalue weighted by Gasteiger charge is 2.32. The molecule has 1 aromatic heterocycles. The van der Waals surface area contributed by atoms with Crippen LogP contribution in [0.1, 0.15) is 51.4 Å². The lowest BCUT2D eigenvalue weighted by Crippen LogP contribution is -2.32. The number of aliphatic hydroxyl groups is 1. The van der Waals surface area contributed by atoms with E-state index in [2.05, 4.69) is 5.32 Å². The number of benzene rings is 3. The van der Waals surface area contributed by atoms with Gasteiger partial charge in [-0.05, 0) is 34.9 Å². The molecule has 0 bridgehead atoms. The third-order valence-corrected chi connectivity index (χ3v) is 7.71. The number of aromatic nitrogens is 1. The molecule has 2 heterocycles. The lowest BCUT2D eigenvalue weighted by Gasteiger charge is -2.36. The highest BCUT2D eigenvalue weighted by atomic mass is 32.2. The summed E-state index contributed by atoms with van der Waals surface area (Å²) in [5, 5.41) is 25.1. The Bertz CT molecular complexity index is 1370. The van der Waals surface area contributed by atoms with Crippen LogP contribution in [-0.4, -0.2) is 22.9 Å². The van der Waals surface area contributed by atoms with Gasteiger partial charge in [-0.3, -0.25) is 4.79 Å². The van der Waals surface area contributed by atoms with Gasteiger partial charge >= 0.3 is 0 Å². The zero-order chi connectivity index (χ0) is 27.0. The Balaban J connectivity index is 1.28. The van der Waals surface area contributed by atoms with Crippen LogP contribution in [0.2, 0.25) is 0 Å². The molecule has 39 heavy (non-hydrogen) atoms. The highest BCUT2D eigenvalue weighted by molar-refractivity contribution is 7.99. The van der Waals surface area contributed by atoms with E-state index in [4.69, 9.17) is 9.47 Å². The van der Waals surface area contributed by atoms with E-state index in [0.29, 0.717) is 29.3 Å². The van der Waals surface area contributed by atoms with Gasteiger partial charge in [0, 0.05) is 42.0 Å². The van der Waals surface area contributed by atoms with E-state index in [-0.39, 0.29) is 24.7 Å². The predicted molar refractivity (Wildman–Crippen MR) is 149 cm³/mol. The second-order valence-corrected chi connectivity index (χ2v) is 10.4. The van der Waals surface area contributed by atoms with Gasteiger partial charge < -0.3 is 25.1 Å². The van der Waals surface area contributed by atoms with Crippen LogP contribution in [0.25, 0.3) is 0 Å². The number of carbonyl (C=O) groups is 1. The number of hydrogen-bond acceptors (Lipinski definition) is 6. The lowest BCUT2D eigenvalue weighted by molar-refractivity contribution is -0.645.